The largest absolute Gasteiger partial charge is 0.481 e. The standard InChI is InChI=1S/C18H13Cl2NO4S2/c19-11-6-10(7-12(20)8-11)14-4-3-13(25-14)9-15-17(24)21(18(26)27-15)5-1-2-16(22)23/h3-4,6-9H,1-2,5H2,(H,22,23). The molecule has 0 spiro atoms. The second-order valence-electron chi connectivity index (χ2n) is 5.69. The van der Waals surface area contributed by atoms with Gasteiger partial charge in [-0.1, -0.05) is 47.2 Å². The predicted molar refractivity (Wildman–Crippen MR) is 111 cm³/mol. The molecule has 9 heteroatoms. The van der Waals surface area contributed by atoms with Crippen LogP contribution in [0.2, 0.25) is 10.0 Å². The molecule has 3 rings (SSSR count). The Balaban J connectivity index is 1.75. The normalized spacial score (nSPS) is 15.8. The van der Waals surface area contributed by atoms with E-state index in [1.54, 1.807) is 36.4 Å². The van der Waals surface area contributed by atoms with Crippen LogP contribution in [0.25, 0.3) is 17.4 Å². The van der Waals surface area contributed by atoms with Crippen LogP contribution in [0.1, 0.15) is 18.6 Å². The molecule has 1 aliphatic rings. The summed E-state index contributed by atoms with van der Waals surface area (Å²) in [6.07, 6.45) is 1.95. The Morgan fingerprint density at radius 2 is 1.96 bits per heavy atom. The lowest BCUT2D eigenvalue weighted by Gasteiger charge is -2.13. The second kappa shape index (κ2) is 8.48. The van der Waals surface area contributed by atoms with Crippen LogP contribution in [0.5, 0.6) is 0 Å². The summed E-state index contributed by atoms with van der Waals surface area (Å²) in [5, 5.41) is 9.71. The van der Waals surface area contributed by atoms with Crippen LogP contribution >= 0.6 is 47.2 Å². The van der Waals surface area contributed by atoms with E-state index in [1.165, 1.54) is 4.90 Å². The zero-order chi connectivity index (χ0) is 19.6. The monoisotopic (exact) mass is 441 g/mol. The number of halogens is 2. The summed E-state index contributed by atoms with van der Waals surface area (Å²) in [6.45, 7) is 0.277. The van der Waals surface area contributed by atoms with Gasteiger partial charge in [-0.15, -0.1) is 0 Å². The number of amides is 1. The molecule has 140 valence electrons. The third-order valence-corrected chi connectivity index (χ3v) is 5.51. The number of carboxylic acid groups (broad SMARTS) is 1. The minimum absolute atomic E-state index is 0.0140. The van der Waals surface area contributed by atoms with E-state index in [9.17, 15) is 9.59 Å². The summed E-state index contributed by atoms with van der Waals surface area (Å²) < 4.78 is 6.18. The van der Waals surface area contributed by atoms with Crippen molar-refractivity contribution < 1.29 is 19.1 Å². The number of hydrogen-bond donors (Lipinski definition) is 1. The van der Waals surface area contributed by atoms with Crippen molar-refractivity contribution in [3.05, 3.63) is 51.0 Å². The molecule has 0 saturated carbocycles. The number of thioether (sulfide) groups is 1. The van der Waals surface area contributed by atoms with Gasteiger partial charge in [0.05, 0.1) is 4.91 Å². The fourth-order valence-corrected chi connectivity index (χ4v) is 4.31. The van der Waals surface area contributed by atoms with Gasteiger partial charge in [0.1, 0.15) is 15.8 Å². The molecule has 0 atom stereocenters. The first-order valence-electron chi connectivity index (χ1n) is 7.87. The molecule has 0 unspecified atom stereocenters. The van der Waals surface area contributed by atoms with Crippen molar-refractivity contribution in [3.63, 3.8) is 0 Å². The Kier molecular flexibility index (Phi) is 6.26. The van der Waals surface area contributed by atoms with Crippen molar-refractivity contribution in [2.45, 2.75) is 12.8 Å². The number of nitrogens with zero attached hydrogens (tertiary/aromatic N) is 1. The number of carbonyl (C=O) groups is 2. The number of aliphatic carboxylic acids is 1. The van der Waals surface area contributed by atoms with Gasteiger partial charge in [0.15, 0.2) is 0 Å². The number of benzene rings is 1. The molecule has 1 N–H and O–H groups in total. The van der Waals surface area contributed by atoms with E-state index < -0.39 is 5.97 Å². The molecule has 0 radical (unpaired) electrons. The lowest BCUT2D eigenvalue weighted by atomic mass is 10.2. The zero-order valence-corrected chi connectivity index (χ0v) is 16.9. The first-order valence-corrected chi connectivity index (χ1v) is 9.85. The Morgan fingerprint density at radius 3 is 2.63 bits per heavy atom. The molecule has 1 aliphatic heterocycles. The van der Waals surface area contributed by atoms with E-state index in [0.717, 1.165) is 17.3 Å². The van der Waals surface area contributed by atoms with Crippen molar-refractivity contribution in [1.82, 2.24) is 4.90 Å². The maximum atomic E-state index is 12.5. The van der Waals surface area contributed by atoms with Gasteiger partial charge in [-0.2, -0.15) is 0 Å². The molecule has 27 heavy (non-hydrogen) atoms. The quantitative estimate of drug-likeness (QED) is 0.483. The number of thiocarbonyl (C=S) groups is 1. The summed E-state index contributed by atoms with van der Waals surface area (Å²) in [5.41, 5.74) is 0.730. The maximum absolute atomic E-state index is 12.5. The topological polar surface area (TPSA) is 70.8 Å². The summed E-state index contributed by atoms with van der Waals surface area (Å²) >= 11 is 18.4. The van der Waals surface area contributed by atoms with Crippen molar-refractivity contribution in [1.29, 1.82) is 0 Å². The SMILES string of the molecule is O=C(O)CCCN1C(=O)C(=Cc2ccc(-c3cc(Cl)cc(Cl)c3)o2)SC1=S. The molecular formula is C18H13Cl2NO4S2. The van der Waals surface area contributed by atoms with E-state index in [2.05, 4.69) is 0 Å². The van der Waals surface area contributed by atoms with Crippen molar-refractivity contribution in [3.8, 4) is 11.3 Å². The zero-order valence-electron chi connectivity index (χ0n) is 13.8. The summed E-state index contributed by atoms with van der Waals surface area (Å²) in [5.74, 6) is -0.0888. The van der Waals surface area contributed by atoms with Crippen LogP contribution in [-0.2, 0) is 9.59 Å². The van der Waals surface area contributed by atoms with Gasteiger partial charge in [0, 0.05) is 34.7 Å². The average molecular weight is 442 g/mol. The second-order valence-corrected chi connectivity index (χ2v) is 8.24. The highest BCUT2D eigenvalue weighted by Gasteiger charge is 2.31. The summed E-state index contributed by atoms with van der Waals surface area (Å²) in [4.78, 5) is 25.0. The van der Waals surface area contributed by atoms with Gasteiger partial charge in [-0.25, -0.2) is 0 Å². The van der Waals surface area contributed by atoms with E-state index in [4.69, 9.17) is 44.9 Å². The third kappa shape index (κ3) is 4.93. The van der Waals surface area contributed by atoms with Gasteiger partial charge >= 0.3 is 5.97 Å². The lowest BCUT2D eigenvalue weighted by Crippen LogP contribution is -2.29. The summed E-state index contributed by atoms with van der Waals surface area (Å²) in [6, 6.07) is 8.60. The Hall–Kier alpha value is -1.80. The van der Waals surface area contributed by atoms with E-state index in [1.807, 2.05) is 0 Å². The highest BCUT2D eigenvalue weighted by molar-refractivity contribution is 8.26. The molecule has 5 nitrogen and oxygen atoms in total. The maximum Gasteiger partial charge on any atom is 0.303 e. The first kappa shape index (κ1) is 19.9. The molecule has 2 aromatic rings. The molecule has 1 aromatic carbocycles. The Bertz CT molecular complexity index is 934. The molecule has 1 fully saturated rings. The van der Waals surface area contributed by atoms with Gasteiger partial charge in [-0.3, -0.25) is 14.5 Å². The third-order valence-electron chi connectivity index (χ3n) is 3.69. The van der Waals surface area contributed by atoms with Crippen molar-refractivity contribution >= 4 is 69.5 Å². The van der Waals surface area contributed by atoms with Crippen molar-refractivity contribution in [2.24, 2.45) is 0 Å². The fraction of sp³-hybridized carbons (Fsp3) is 0.167. The highest BCUT2D eigenvalue weighted by Crippen LogP contribution is 2.34. The van der Waals surface area contributed by atoms with Crippen LogP contribution in [-0.4, -0.2) is 32.7 Å². The smallest absolute Gasteiger partial charge is 0.303 e. The minimum Gasteiger partial charge on any atom is -0.481 e. The Labute approximate surface area is 174 Å². The van der Waals surface area contributed by atoms with Crippen LogP contribution < -0.4 is 0 Å². The van der Waals surface area contributed by atoms with Crippen LogP contribution in [0.4, 0.5) is 0 Å². The van der Waals surface area contributed by atoms with E-state index >= 15 is 0 Å². The van der Waals surface area contributed by atoms with Gasteiger partial charge in [0.2, 0.25) is 0 Å². The van der Waals surface area contributed by atoms with Gasteiger partial charge in [0.25, 0.3) is 5.91 Å². The molecule has 2 heterocycles. The lowest BCUT2D eigenvalue weighted by molar-refractivity contribution is -0.137. The average Bonchev–Trinajstić information content (AvgIpc) is 3.14. The number of carboxylic acids is 1. The molecule has 0 bridgehead atoms. The Morgan fingerprint density at radius 1 is 1.26 bits per heavy atom. The fourth-order valence-electron chi connectivity index (χ4n) is 2.49. The van der Waals surface area contributed by atoms with Crippen LogP contribution in [0.15, 0.2) is 39.7 Å². The van der Waals surface area contributed by atoms with Crippen molar-refractivity contribution in [2.75, 3.05) is 6.54 Å². The molecule has 0 aliphatic carbocycles. The molecular weight excluding hydrogens is 429 g/mol. The molecule has 1 amide bonds. The molecule has 1 aromatic heterocycles. The minimum atomic E-state index is -0.903. The van der Waals surface area contributed by atoms with Gasteiger partial charge in [-0.05, 0) is 36.8 Å². The number of furan rings is 1. The first-order chi connectivity index (χ1) is 12.8. The van der Waals surface area contributed by atoms with Crippen LogP contribution in [0, 0.1) is 0 Å². The van der Waals surface area contributed by atoms with Gasteiger partial charge < -0.3 is 9.52 Å². The van der Waals surface area contributed by atoms with Crippen LogP contribution in [0.3, 0.4) is 0 Å². The molecule has 1 saturated heterocycles. The van der Waals surface area contributed by atoms with E-state index in [0.29, 0.717) is 37.2 Å². The predicted octanol–water partition coefficient (Wildman–Crippen LogP) is 5.32. The highest BCUT2D eigenvalue weighted by atomic mass is 35.5. The number of hydrogen-bond acceptors (Lipinski definition) is 5. The number of rotatable bonds is 6. The van der Waals surface area contributed by atoms with E-state index in [-0.39, 0.29) is 18.9 Å². The number of carbonyl (C=O) groups excluding carboxylic acids is 1. The summed E-state index contributed by atoms with van der Waals surface area (Å²) in [7, 11) is 0.